The topological polar surface area (TPSA) is 30.5 Å². The normalized spacial score (nSPS) is 15.0. The predicted molar refractivity (Wildman–Crippen MR) is 106 cm³/mol. The van der Waals surface area contributed by atoms with E-state index in [1.165, 1.54) is 6.07 Å². The minimum Gasteiger partial charge on any atom is -0.489 e. The molecule has 2 aromatic carbocycles. The summed E-state index contributed by atoms with van der Waals surface area (Å²) in [4.78, 5) is 0. The van der Waals surface area contributed by atoms with Gasteiger partial charge < -0.3 is 14.8 Å². The van der Waals surface area contributed by atoms with Crippen molar-refractivity contribution in [2.24, 2.45) is 5.92 Å². The van der Waals surface area contributed by atoms with Crippen LogP contribution in [-0.2, 0) is 0 Å². The third-order valence-electron chi connectivity index (χ3n) is 5.02. The van der Waals surface area contributed by atoms with Crippen LogP contribution in [0.1, 0.15) is 24.0 Å². The number of piperidine rings is 1. The Morgan fingerprint density at radius 3 is 2.43 bits per heavy atom. The summed E-state index contributed by atoms with van der Waals surface area (Å²) in [5.74, 6) is 0.157. The van der Waals surface area contributed by atoms with Crippen molar-refractivity contribution in [3.8, 4) is 22.6 Å². The number of nitrogens with one attached hydrogen (secondary N) is 1. The molecule has 1 N–H and O–H groups in total. The first-order valence-electron chi connectivity index (χ1n) is 9.13. The number of ether oxygens (including phenoxy) is 2. The van der Waals surface area contributed by atoms with Crippen LogP contribution in [0.15, 0.2) is 36.4 Å². The molecule has 0 unspecified atom stereocenters. The highest BCUT2D eigenvalue weighted by Crippen LogP contribution is 2.37. The Labute approximate surface area is 169 Å². The van der Waals surface area contributed by atoms with Crippen molar-refractivity contribution in [3.63, 3.8) is 0 Å². The van der Waals surface area contributed by atoms with Gasteiger partial charge in [-0.2, -0.15) is 0 Å². The van der Waals surface area contributed by atoms with Gasteiger partial charge in [-0.25, -0.2) is 0 Å². The van der Waals surface area contributed by atoms with Crippen LogP contribution in [0.5, 0.6) is 11.5 Å². The molecule has 0 aliphatic carbocycles. The monoisotopic (exact) mass is 415 g/mol. The quantitative estimate of drug-likeness (QED) is 0.682. The van der Waals surface area contributed by atoms with Gasteiger partial charge in [0.2, 0.25) is 0 Å². The first-order chi connectivity index (χ1) is 12.8. The Bertz CT molecular complexity index is 790. The minimum atomic E-state index is -4.76. The van der Waals surface area contributed by atoms with E-state index in [0.29, 0.717) is 12.5 Å². The first-order valence-corrected chi connectivity index (χ1v) is 9.13. The van der Waals surface area contributed by atoms with E-state index in [2.05, 4.69) is 10.1 Å². The molecule has 154 valence electrons. The van der Waals surface area contributed by atoms with Gasteiger partial charge in [-0.1, -0.05) is 24.3 Å². The van der Waals surface area contributed by atoms with E-state index in [9.17, 15) is 13.2 Å². The number of alkyl halides is 3. The Hall–Kier alpha value is -1.92. The second kappa shape index (κ2) is 9.52. The number of aryl methyl sites for hydroxylation is 1. The van der Waals surface area contributed by atoms with Crippen molar-refractivity contribution in [2.45, 2.75) is 33.1 Å². The van der Waals surface area contributed by atoms with Gasteiger partial charge in [0.15, 0.2) is 11.5 Å². The number of hydrogen-bond donors (Lipinski definition) is 1. The zero-order valence-electron chi connectivity index (χ0n) is 15.9. The van der Waals surface area contributed by atoms with Crippen LogP contribution in [0.2, 0.25) is 0 Å². The summed E-state index contributed by atoms with van der Waals surface area (Å²) in [6.07, 6.45) is -2.86. The number of rotatable bonds is 5. The van der Waals surface area contributed by atoms with Gasteiger partial charge >= 0.3 is 6.36 Å². The second-order valence-corrected chi connectivity index (χ2v) is 6.96. The van der Waals surface area contributed by atoms with Crippen LogP contribution >= 0.6 is 12.4 Å². The molecule has 28 heavy (non-hydrogen) atoms. The summed E-state index contributed by atoms with van der Waals surface area (Å²) < 4.78 is 48.3. The highest BCUT2D eigenvalue weighted by molar-refractivity contribution is 5.85. The smallest absolute Gasteiger partial charge is 0.489 e. The van der Waals surface area contributed by atoms with Gasteiger partial charge in [0.1, 0.15) is 0 Å². The SMILES string of the molecule is Cc1cccc(-c2ccc(OC(F)(F)F)c(OCC3CCNCC3)c2)c1C.Cl. The lowest BCUT2D eigenvalue weighted by Gasteiger charge is -2.23. The van der Waals surface area contributed by atoms with Gasteiger partial charge in [-0.05, 0) is 80.1 Å². The molecule has 1 fully saturated rings. The number of halogens is 4. The van der Waals surface area contributed by atoms with Crippen molar-refractivity contribution in [2.75, 3.05) is 19.7 Å². The highest BCUT2D eigenvalue weighted by atomic mass is 35.5. The predicted octanol–water partition coefficient (Wildman–Crippen LogP) is 5.67. The molecule has 3 rings (SSSR count). The van der Waals surface area contributed by atoms with Crippen LogP contribution < -0.4 is 14.8 Å². The summed E-state index contributed by atoms with van der Waals surface area (Å²) in [5.41, 5.74) is 4.00. The Kier molecular flexibility index (Phi) is 7.61. The molecule has 3 nitrogen and oxygen atoms in total. The molecular formula is C21H25ClF3NO2. The van der Waals surface area contributed by atoms with E-state index >= 15 is 0 Å². The van der Waals surface area contributed by atoms with E-state index in [0.717, 1.165) is 48.2 Å². The molecule has 1 aliphatic heterocycles. The zero-order chi connectivity index (χ0) is 19.4. The molecule has 0 amide bonds. The average Bonchev–Trinajstić information content (AvgIpc) is 2.63. The molecule has 0 spiro atoms. The van der Waals surface area contributed by atoms with E-state index in [4.69, 9.17) is 4.74 Å². The highest BCUT2D eigenvalue weighted by Gasteiger charge is 2.32. The average molecular weight is 416 g/mol. The lowest BCUT2D eigenvalue weighted by atomic mass is 9.97. The third-order valence-corrected chi connectivity index (χ3v) is 5.02. The van der Waals surface area contributed by atoms with Gasteiger partial charge in [0.25, 0.3) is 0 Å². The van der Waals surface area contributed by atoms with Crippen LogP contribution in [0.3, 0.4) is 0 Å². The first kappa shape index (κ1) is 22.4. The van der Waals surface area contributed by atoms with Crippen molar-refractivity contribution in [1.29, 1.82) is 0 Å². The molecule has 1 aliphatic rings. The van der Waals surface area contributed by atoms with Crippen LogP contribution in [0.25, 0.3) is 11.1 Å². The van der Waals surface area contributed by atoms with Gasteiger partial charge in [0.05, 0.1) is 6.61 Å². The summed E-state index contributed by atoms with van der Waals surface area (Å²) in [6.45, 7) is 6.20. The molecule has 0 aromatic heterocycles. The van der Waals surface area contributed by atoms with Crippen molar-refractivity contribution in [3.05, 3.63) is 47.5 Å². The molecular weight excluding hydrogens is 391 g/mol. The minimum absolute atomic E-state index is 0. The van der Waals surface area contributed by atoms with Gasteiger partial charge in [-0.3, -0.25) is 0 Å². The molecule has 1 heterocycles. The van der Waals surface area contributed by atoms with Crippen molar-refractivity contribution >= 4 is 12.4 Å². The van der Waals surface area contributed by atoms with Crippen molar-refractivity contribution in [1.82, 2.24) is 5.32 Å². The van der Waals surface area contributed by atoms with Crippen LogP contribution in [0, 0.1) is 19.8 Å². The fourth-order valence-corrected chi connectivity index (χ4v) is 3.32. The summed E-state index contributed by atoms with van der Waals surface area (Å²) in [5, 5.41) is 3.27. The molecule has 7 heteroatoms. The summed E-state index contributed by atoms with van der Waals surface area (Å²) >= 11 is 0. The summed E-state index contributed by atoms with van der Waals surface area (Å²) in [7, 11) is 0. The fourth-order valence-electron chi connectivity index (χ4n) is 3.32. The second-order valence-electron chi connectivity index (χ2n) is 6.96. The molecule has 0 radical (unpaired) electrons. The lowest BCUT2D eigenvalue weighted by molar-refractivity contribution is -0.275. The van der Waals surface area contributed by atoms with E-state index in [1.54, 1.807) is 12.1 Å². The molecule has 0 bridgehead atoms. The van der Waals surface area contributed by atoms with Crippen LogP contribution in [-0.4, -0.2) is 26.1 Å². The lowest BCUT2D eigenvalue weighted by Crippen LogP contribution is -2.30. The summed E-state index contributed by atoms with van der Waals surface area (Å²) in [6, 6.07) is 10.5. The van der Waals surface area contributed by atoms with Crippen molar-refractivity contribution < 1.29 is 22.6 Å². The Morgan fingerprint density at radius 2 is 1.75 bits per heavy atom. The maximum Gasteiger partial charge on any atom is 0.573 e. The van der Waals surface area contributed by atoms with Crippen LogP contribution in [0.4, 0.5) is 13.2 Å². The number of benzene rings is 2. The largest absolute Gasteiger partial charge is 0.573 e. The maximum absolute atomic E-state index is 12.8. The maximum atomic E-state index is 12.8. The van der Waals surface area contributed by atoms with E-state index < -0.39 is 6.36 Å². The third kappa shape index (κ3) is 5.79. The number of hydrogen-bond acceptors (Lipinski definition) is 3. The fraction of sp³-hybridized carbons (Fsp3) is 0.429. The standard InChI is InChI=1S/C21H24F3NO2.ClH/c1-14-4-3-5-18(15(14)2)17-6-7-19(27-21(22,23)24)20(12-17)26-13-16-8-10-25-11-9-16;/h3-7,12,16,25H,8-11,13H2,1-2H3;1H. The zero-order valence-corrected chi connectivity index (χ0v) is 16.8. The van der Waals surface area contributed by atoms with E-state index in [1.807, 2.05) is 32.0 Å². The Balaban J connectivity index is 0.00000280. The molecule has 0 saturated carbocycles. The van der Waals surface area contributed by atoms with E-state index in [-0.39, 0.29) is 23.9 Å². The molecule has 0 atom stereocenters. The molecule has 1 saturated heterocycles. The van der Waals surface area contributed by atoms with Gasteiger partial charge in [0, 0.05) is 0 Å². The Morgan fingerprint density at radius 1 is 1.04 bits per heavy atom. The van der Waals surface area contributed by atoms with Gasteiger partial charge in [-0.15, -0.1) is 25.6 Å². The molecule has 2 aromatic rings.